The van der Waals surface area contributed by atoms with Gasteiger partial charge in [0.05, 0.1) is 28.7 Å². The van der Waals surface area contributed by atoms with E-state index in [9.17, 15) is 35.5 Å². The summed E-state index contributed by atoms with van der Waals surface area (Å²) in [5, 5.41) is 13.6. The van der Waals surface area contributed by atoms with E-state index in [0.29, 0.717) is 5.71 Å². The van der Waals surface area contributed by atoms with Crippen LogP contribution in [0, 0.1) is 5.82 Å². The Kier molecular flexibility index (Phi) is 7.69. The predicted molar refractivity (Wildman–Crippen MR) is 123 cm³/mol. The predicted octanol–water partition coefficient (Wildman–Crippen LogP) is 2.32. The first-order valence-electron chi connectivity index (χ1n) is 11.2. The van der Waals surface area contributed by atoms with Crippen molar-refractivity contribution in [1.82, 2.24) is 19.6 Å². The normalized spacial score (nSPS) is 25.8. The van der Waals surface area contributed by atoms with Crippen LogP contribution in [-0.4, -0.2) is 76.9 Å². The molecule has 9 nitrogen and oxygen atoms in total. The van der Waals surface area contributed by atoms with Crippen LogP contribution in [0.2, 0.25) is 0 Å². The zero-order valence-electron chi connectivity index (χ0n) is 19.3. The van der Waals surface area contributed by atoms with Crippen molar-refractivity contribution in [3.05, 3.63) is 53.9 Å². The number of hydrogen-bond donors (Lipinski definition) is 2. The van der Waals surface area contributed by atoms with Crippen LogP contribution in [0.1, 0.15) is 31.2 Å². The summed E-state index contributed by atoms with van der Waals surface area (Å²) in [6, 6.07) is 1.38. The summed E-state index contributed by atoms with van der Waals surface area (Å²) in [5.74, 6) is -1.91. The highest BCUT2D eigenvalue weighted by molar-refractivity contribution is 7.89. The molecule has 0 amide bonds. The van der Waals surface area contributed by atoms with Crippen LogP contribution in [0.15, 0.2) is 51.5 Å². The lowest BCUT2D eigenvalue weighted by Crippen LogP contribution is -2.52. The SMILES string of the molecule is C[C@H]1[C@H](F)C[C@@H](C(O)NCC2CC(c3cnc(C(F)(F)F)nc3)=NC=N2)N1S(=O)(=O)c1ccc(F)cc1. The average Bonchev–Trinajstić information content (AvgIpc) is 3.17. The third-order valence-electron chi connectivity index (χ3n) is 6.19. The zero-order valence-corrected chi connectivity index (χ0v) is 20.2. The number of benzene rings is 1. The lowest BCUT2D eigenvalue weighted by molar-refractivity contribution is -0.145. The van der Waals surface area contributed by atoms with Gasteiger partial charge in [0.15, 0.2) is 0 Å². The first-order chi connectivity index (χ1) is 17.4. The largest absolute Gasteiger partial charge is 0.451 e. The Morgan fingerprint density at radius 3 is 2.46 bits per heavy atom. The molecular weight excluding hydrogens is 523 g/mol. The van der Waals surface area contributed by atoms with Crippen LogP contribution in [0.3, 0.4) is 0 Å². The molecule has 4 rings (SSSR count). The Morgan fingerprint density at radius 1 is 1.19 bits per heavy atom. The van der Waals surface area contributed by atoms with Gasteiger partial charge >= 0.3 is 6.18 Å². The van der Waals surface area contributed by atoms with Gasteiger partial charge in [-0.25, -0.2) is 32.2 Å². The number of aliphatic hydroxyl groups is 1. The van der Waals surface area contributed by atoms with Crippen molar-refractivity contribution in [2.24, 2.45) is 9.98 Å². The van der Waals surface area contributed by atoms with E-state index < -0.39 is 58.4 Å². The highest BCUT2D eigenvalue weighted by Gasteiger charge is 2.48. The van der Waals surface area contributed by atoms with Crippen molar-refractivity contribution in [1.29, 1.82) is 0 Å². The number of aromatic nitrogens is 2. The Balaban J connectivity index is 1.42. The summed E-state index contributed by atoms with van der Waals surface area (Å²) in [4.78, 5) is 14.6. The molecule has 0 radical (unpaired) electrons. The fourth-order valence-corrected chi connectivity index (χ4v) is 6.10. The summed E-state index contributed by atoms with van der Waals surface area (Å²) in [5.41, 5.74) is 0.648. The van der Waals surface area contributed by atoms with E-state index in [1.54, 1.807) is 0 Å². The van der Waals surface area contributed by atoms with E-state index >= 15 is 0 Å². The molecule has 200 valence electrons. The molecule has 0 aliphatic carbocycles. The standard InChI is InChI=1S/C22H23F5N6O3S/c1-12-17(24)7-19(33(12)37(35,36)16-4-2-14(23)3-5-16)20(34)28-10-15-6-18(32-11-31-15)13-8-29-21(30-9-13)22(25,26)27/h2-5,8-9,11-12,15,17,19-20,28,34H,6-7,10H2,1H3/t12-,15?,17+,19-,20?/m0/s1. The summed E-state index contributed by atoms with van der Waals surface area (Å²) < 4.78 is 93.2. The molecule has 2 unspecified atom stereocenters. The number of alkyl halides is 4. The third kappa shape index (κ3) is 5.84. The van der Waals surface area contributed by atoms with Gasteiger partial charge in [0.25, 0.3) is 0 Å². The van der Waals surface area contributed by atoms with Crippen molar-refractivity contribution in [3.63, 3.8) is 0 Å². The third-order valence-corrected chi connectivity index (χ3v) is 8.22. The summed E-state index contributed by atoms with van der Waals surface area (Å²) in [7, 11) is -4.25. The highest BCUT2D eigenvalue weighted by atomic mass is 32.2. The fourth-order valence-electron chi connectivity index (χ4n) is 4.25. The summed E-state index contributed by atoms with van der Waals surface area (Å²) >= 11 is 0. The Morgan fingerprint density at radius 2 is 1.84 bits per heavy atom. The van der Waals surface area contributed by atoms with Gasteiger partial charge in [-0.3, -0.25) is 10.3 Å². The second kappa shape index (κ2) is 10.5. The number of sulfonamides is 1. The molecule has 1 aromatic heterocycles. The molecule has 2 aromatic rings. The molecule has 0 spiro atoms. The highest BCUT2D eigenvalue weighted by Crippen LogP contribution is 2.34. The van der Waals surface area contributed by atoms with Gasteiger partial charge in [0, 0.05) is 37.3 Å². The number of halogens is 5. The Bertz CT molecular complexity index is 1270. The molecule has 2 aliphatic heterocycles. The van der Waals surface area contributed by atoms with Gasteiger partial charge in [-0.15, -0.1) is 0 Å². The van der Waals surface area contributed by atoms with Crippen LogP contribution in [0.4, 0.5) is 22.0 Å². The van der Waals surface area contributed by atoms with Crippen molar-refractivity contribution in [2.75, 3.05) is 6.54 Å². The van der Waals surface area contributed by atoms with Crippen molar-refractivity contribution in [3.8, 4) is 0 Å². The van der Waals surface area contributed by atoms with E-state index in [4.69, 9.17) is 0 Å². The van der Waals surface area contributed by atoms with E-state index in [1.807, 2.05) is 0 Å². The maximum Gasteiger partial charge on any atom is 0.451 e. The maximum absolute atomic E-state index is 14.6. The summed E-state index contributed by atoms with van der Waals surface area (Å²) in [6.07, 6.45) is -4.54. The molecule has 0 saturated carbocycles. The average molecular weight is 547 g/mol. The van der Waals surface area contributed by atoms with Crippen LogP contribution in [0.5, 0.6) is 0 Å². The van der Waals surface area contributed by atoms with E-state index in [1.165, 1.54) is 13.3 Å². The molecule has 1 aromatic carbocycles. The van der Waals surface area contributed by atoms with Crippen molar-refractivity contribution < 1.29 is 35.5 Å². The van der Waals surface area contributed by atoms with Crippen molar-refractivity contribution in [2.45, 2.75) is 61.4 Å². The minimum Gasteiger partial charge on any atom is -0.377 e. The van der Waals surface area contributed by atoms with E-state index in [2.05, 4.69) is 25.3 Å². The first kappa shape index (κ1) is 27.2. The van der Waals surface area contributed by atoms with Gasteiger partial charge < -0.3 is 5.11 Å². The number of nitrogens with zero attached hydrogens (tertiary/aromatic N) is 5. The van der Waals surface area contributed by atoms with Gasteiger partial charge in [-0.05, 0) is 31.2 Å². The number of aliphatic hydroxyl groups excluding tert-OH is 1. The molecule has 37 heavy (non-hydrogen) atoms. The molecule has 0 bridgehead atoms. The molecular formula is C22H23F5N6O3S. The second-order valence-corrected chi connectivity index (χ2v) is 10.5. The molecule has 5 atom stereocenters. The monoisotopic (exact) mass is 546 g/mol. The molecule has 2 N–H and O–H groups in total. The molecule has 1 fully saturated rings. The minimum atomic E-state index is -4.68. The molecule has 3 heterocycles. The molecule has 1 saturated heterocycles. The number of nitrogens with one attached hydrogen (secondary N) is 1. The van der Waals surface area contributed by atoms with Crippen molar-refractivity contribution >= 4 is 22.1 Å². The first-order valence-corrected chi connectivity index (χ1v) is 12.6. The lowest BCUT2D eigenvalue weighted by Gasteiger charge is -2.31. The van der Waals surface area contributed by atoms with Gasteiger partial charge in [-0.2, -0.15) is 17.5 Å². The fraction of sp³-hybridized carbons (Fsp3) is 0.455. The van der Waals surface area contributed by atoms with Gasteiger partial charge in [-0.1, -0.05) is 0 Å². The lowest BCUT2D eigenvalue weighted by atomic mass is 10.0. The summed E-state index contributed by atoms with van der Waals surface area (Å²) in [6.45, 7) is 1.42. The quantitative estimate of drug-likeness (QED) is 0.406. The topological polar surface area (TPSA) is 120 Å². The Hall–Kier alpha value is -2.88. The Labute approximate surface area is 209 Å². The number of rotatable bonds is 7. The van der Waals surface area contributed by atoms with Crippen LogP contribution < -0.4 is 5.32 Å². The maximum atomic E-state index is 14.6. The molecule has 2 aliphatic rings. The number of aliphatic imine (C=N–C) groups is 2. The van der Waals surface area contributed by atoms with Gasteiger partial charge in [0.2, 0.25) is 15.8 Å². The zero-order chi connectivity index (χ0) is 27.0. The van der Waals surface area contributed by atoms with Gasteiger partial charge in [0.1, 0.15) is 24.6 Å². The van der Waals surface area contributed by atoms with Crippen LogP contribution >= 0.6 is 0 Å². The van der Waals surface area contributed by atoms with Crippen LogP contribution in [-0.2, 0) is 16.2 Å². The smallest absolute Gasteiger partial charge is 0.377 e. The van der Waals surface area contributed by atoms with Crippen LogP contribution in [0.25, 0.3) is 0 Å². The molecule has 15 heteroatoms. The minimum absolute atomic E-state index is 0.0322. The van der Waals surface area contributed by atoms with E-state index in [-0.39, 0.29) is 29.8 Å². The van der Waals surface area contributed by atoms with E-state index in [0.717, 1.165) is 41.0 Å². The second-order valence-electron chi connectivity index (χ2n) is 8.69. The number of hydrogen-bond acceptors (Lipinski definition) is 8.